The fourth-order valence-electron chi connectivity index (χ4n) is 4.47. The van der Waals surface area contributed by atoms with E-state index in [1.165, 1.54) is 4.57 Å². The van der Waals surface area contributed by atoms with Gasteiger partial charge in [0.25, 0.3) is 0 Å². The number of phenols is 1. The zero-order valence-corrected chi connectivity index (χ0v) is 20.2. The number of hydrogen-bond donors (Lipinski definition) is 5. The van der Waals surface area contributed by atoms with Crippen molar-refractivity contribution in [2.24, 2.45) is 7.05 Å². The van der Waals surface area contributed by atoms with Gasteiger partial charge in [-0.25, -0.2) is 4.79 Å². The second-order valence-corrected chi connectivity index (χ2v) is 9.58. The highest BCUT2D eigenvalue weighted by Gasteiger charge is 2.48. The minimum absolute atomic E-state index is 0.192. The molecule has 192 valence electrons. The molecule has 1 aliphatic rings. The van der Waals surface area contributed by atoms with Crippen LogP contribution in [0.25, 0.3) is 32.5 Å². The van der Waals surface area contributed by atoms with Crippen LogP contribution in [0.1, 0.15) is 0 Å². The number of carboxylic acid groups (broad SMARTS) is 1. The van der Waals surface area contributed by atoms with Crippen LogP contribution in [0, 0.1) is 0 Å². The lowest BCUT2D eigenvalue weighted by molar-refractivity contribution is -0.271. The van der Waals surface area contributed by atoms with Crippen molar-refractivity contribution in [3.63, 3.8) is 0 Å². The molecule has 37 heavy (non-hydrogen) atoms. The predicted molar refractivity (Wildman–Crippen MR) is 135 cm³/mol. The summed E-state index contributed by atoms with van der Waals surface area (Å²) in [6.45, 7) is 0. The van der Waals surface area contributed by atoms with Crippen molar-refractivity contribution in [2.75, 3.05) is 0 Å². The lowest BCUT2D eigenvalue weighted by Gasteiger charge is -2.38. The summed E-state index contributed by atoms with van der Waals surface area (Å²) in [6.07, 6.45) is -9.33. The Kier molecular flexibility index (Phi) is 6.48. The van der Waals surface area contributed by atoms with Crippen molar-refractivity contribution >= 4 is 27.5 Å². The molecule has 0 radical (unpaired) electrons. The summed E-state index contributed by atoms with van der Waals surface area (Å²) in [6, 6.07) is 17.6. The first-order valence-electron chi connectivity index (χ1n) is 11.3. The van der Waals surface area contributed by atoms with Crippen LogP contribution in [0.3, 0.4) is 0 Å². The molecule has 1 saturated heterocycles. The quantitative estimate of drug-likeness (QED) is 0.262. The number of ether oxygens (including phenoxy) is 2. The number of aromatic hydroxyl groups is 1. The maximum Gasteiger partial charge on any atom is 0.335 e. The highest BCUT2D eigenvalue weighted by atomic mass is 32.1. The van der Waals surface area contributed by atoms with E-state index in [4.69, 9.17) is 9.47 Å². The van der Waals surface area contributed by atoms with Crippen molar-refractivity contribution < 1.29 is 39.8 Å². The molecule has 1 aliphatic heterocycles. The average molecular weight is 526 g/mol. The van der Waals surface area contributed by atoms with Gasteiger partial charge >= 0.3 is 10.8 Å². The normalized spacial score (nSPS) is 23.7. The summed E-state index contributed by atoms with van der Waals surface area (Å²) < 4.78 is 13.2. The number of aromatic nitrogens is 1. The molecule has 3 unspecified atom stereocenters. The molecule has 5 atom stereocenters. The van der Waals surface area contributed by atoms with Crippen molar-refractivity contribution in [3.05, 3.63) is 70.3 Å². The van der Waals surface area contributed by atoms with Gasteiger partial charge in [0.1, 0.15) is 18.3 Å². The van der Waals surface area contributed by atoms with Gasteiger partial charge in [-0.1, -0.05) is 72.0 Å². The first kappa shape index (κ1) is 24.9. The summed E-state index contributed by atoms with van der Waals surface area (Å²) in [4.78, 5) is 24.2. The maximum atomic E-state index is 12.8. The van der Waals surface area contributed by atoms with E-state index in [0.29, 0.717) is 32.5 Å². The first-order valence-corrected chi connectivity index (χ1v) is 12.1. The van der Waals surface area contributed by atoms with E-state index in [0.717, 1.165) is 11.3 Å². The van der Waals surface area contributed by atoms with Crippen LogP contribution in [0.15, 0.2) is 65.5 Å². The Morgan fingerprint density at radius 3 is 2.05 bits per heavy atom. The van der Waals surface area contributed by atoms with Gasteiger partial charge in [-0.15, -0.1) is 0 Å². The predicted octanol–water partition coefficient (Wildman–Crippen LogP) is 1.91. The third kappa shape index (κ3) is 4.16. The molecule has 11 heteroatoms. The summed E-state index contributed by atoms with van der Waals surface area (Å²) >= 11 is 0.944. The maximum absolute atomic E-state index is 12.8. The Labute approximate surface area is 213 Å². The number of carbonyl (C=O) groups is 1. The van der Waals surface area contributed by atoms with Crippen LogP contribution in [0.5, 0.6) is 11.5 Å². The summed E-state index contributed by atoms with van der Waals surface area (Å²) in [5.41, 5.74) is 2.19. The van der Waals surface area contributed by atoms with E-state index in [9.17, 15) is 35.1 Å². The van der Waals surface area contributed by atoms with Gasteiger partial charge in [0.05, 0.1) is 15.8 Å². The summed E-state index contributed by atoms with van der Waals surface area (Å²) in [5, 5.41) is 52.0. The molecule has 5 rings (SSSR count). The summed E-state index contributed by atoms with van der Waals surface area (Å²) in [7, 11) is 1.58. The smallest absolute Gasteiger partial charge is 0.335 e. The molecule has 1 fully saturated rings. The molecule has 0 amide bonds. The number of hydrogen-bond acceptors (Lipinski definition) is 9. The van der Waals surface area contributed by atoms with Gasteiger partial charge in [-0.2, -0.15) is 0 Å². The number of benzene rings is 3. The topological polar surface area (TPSA) is 159 Å². The number of aliphatic hydroxyl groups is 3. The largest absolute Gasteiger partial charge is 0.504 e. The molecule has 1 aromatic heterocycles. The highest BCUT2D eigenvalue weighted by Crippen LogP contribution is 2.51. The number of carboxylic acids is 1. The van der Waals surface area contributed by atoms with Crippen LogP contribution >= 0.6 is 11.3 Å². The Balaban J connectivity index is 1.80. The van der Waals surface area contributed by atoms with Gasteiger partial charge in [-0.05, 0) is 11.1 Å². The van der Waals surface area contributed by atoms with E-state index < -0.39 is 36.7 Å². The monoisotopic (exact) mass is 525 g/mol. The third-order valence-electron chi connectivity index (χ3n) is 6.33. The minimum atomic E-state index is -1.91. The first-order chi connectivity index (χ1) is 17.7. The number of phenolic OH excluding ortho intramolecular Hbond substituents is 1. The van der Waals surface area contributed by atoms with Gasteiger partial charge in [0, 0.05) is 12.6 Å². The molecule has 3 aromatic carbocycles. The van der Waals surface area contributed by atoms with Crippen molar-refractivity contribution in [2.45, 2.75) is 30.7 Å². The Hall–Kier alpha value is -3.74. The second kappa shape index (κ2) is 9.61. The number of fused-ring (bicyclic) bond motifs is 1. The zero-order chi connectivity index (χ0) is 26.4. The van der Waals surface area contributed by atoms with Gasteiger partial charge in [0.2, 0.25) is 6.29 Å². The van der Waals surface area contributed by atoms with Crippen molar-refractivity contribution in [1.82, 2.24) is 4.57 Å². The van der Waals surface area contributed by atoms with Crippen LogP contribution in [-0.2, 0) is 16.6 Å². The number of thiazole rings is 1. The minimum Gasteiger partial charge on any atom is -0.504 e. The third-order valence-corrected chi connectivity index (χ3v) is 7.38. The van der Waals surface area contributed by atoms with Crippen LogP contribution in [-0.4, -0.2) is 66.8 Å². The number of aryl methyl sites for hydroxylation is 1. The van der Waals surface area contributed by atoms with E-state index in [1.807, 2.05) is 0 Å². The number of aliphatic carboxylic acids is 1. The van der Waals surface area contributed by atoms with Crippen LogP contribution < -0.4 is 9.61 Å². The summed E-state index contributed by atoms with van der Waals surface area (Å²) in [5.74, 6) is -2.13. The molecule has 0 bridgehead atoms. The lowest BCUT2D eigenvalue weighted by atomic mass is 9.95. The van der Waals surface area contributed by atoms with Gasteiger partial charge in [-0.3, -0.25) is 4.79 Å². The van der Waals surface area contributed by atoms with Crippen LogP contribution in [0.4, 0.5) is 0 Å². The average Bonchev–Trinajstić information content (AvgIpc) is 3.18. The number of nitrogens with zero attached hydrogens (tertiary/aromatic N) is 1. The molecule has 4 aromatic rings. The molecule has 0 saturated carbocycles. The fraction of sp³-hybridized carbons (Fsp3) is 0.231. The van der Waals surface area contributed by atoms with Gasteiger partial charge < -0.3 is 39.6 Å². The van der Waals surface area contributed by atoms with E-state index >= 15 is 0 Å². The Bertz CT molecular complexity index is 1520. The standard InChI is InChI=1S/C26H23NO9S/c1-27-16-14(12-8-4-2-5-9-12)21(35-25-20(31)18(29)19(30)22(36-25)24(32)33)17(28)15(23(16)37-26(27)34)13-10-6-3-7-11-13/h2-11,18-20,22,25,28-31H,1H3,(H,32,33)/t18-,19?,20?,22?,25-/m0/s1. The molecular weight excluding hydrogens is 502 g/mol. The molecule has 0 aliphatic carbocycles. The highest BCUT2D eigenvalue weighted by molar-refractivity contribution is 7.17. The molecular formula is C26H23NO9S. The lowest BCUT2D eigenvalue weighted by Crippen LogP contribution is -2.61. The van der Waals surface area contributed by atoms with E-state index in [1.54, 1.807) is 67.7 Å². The molecule has 2 heterocycles. The SMILES string of the molecule is Cn1c(=O)sc2c(-c3ccccc3)c(O)c(O[C@H]3OC(C(=O)O)C(O)[C@H](O)C3O)c(-c3ccccc3)c21. The van der Waals surface area contributed by atoms with Crippen LogP contribution in [0.2, 0.25) is 0 Å². The second-order valence-electron chi connectivity index (χ2n) is 8.62. The van der Waals surface area contributed by atoms with E-state index in [2.05, 4.69) is 0 Å². The van der Waals surface area contributed by atoms with Crippen molar-refractivity contribution in [1.29, 1.82) is 0 Å². The molecule has 0 spiro atoms. The fourth-order valence-corrected chi connectivity index (χ4v) is 5.53. The number of rotatable bonds is 5. The van der Waals surface area contributed by atoms with Crippen molar-refractivity contribution in [3.8, 4) is 33.8 Å². The van der Waals surface area contributed by atoms with E-state index in [-0.39, 0.29) is 16.4 Å². The number of aliphatic hydroxyl groups excluding tert-OH is 3. The molecule has 5 N–H and O–H groups in total. The zero-order valence-electron chi connectivity index (χ0n) is 19.4. The molecule has 10 nitrogen and oxygen atoms in total. The Morgan fingerprint density at radius 1 is 0.919 bits per heavy atom. The van der Waals surface area contributed by atoms with Gasteiger partial charge in [0.15, 0.2) is 17.6 Å². The Morgan fingerprint density at radius 2 is 1.49 bits per heavy atom.